The maximum Gasteiger partial charge on any atom is 0.189 e. The fraction of sp³-hybridized carbons (Fsp3) is 0.318. The maximum absolute atomic E-state index is 12.3. The zero-order chi connectivity index (χ0) is 18.8. The van der Waals surface area contributed by atoms with Gasteiger partial charge in [0.25, 0.3) is 0 Å². The van der Waals surface area contributed by atoms with Crippen LogP contribution in [-0.2, 0) is 0 Å². The normalized spacial score (nSPS) is 11.0. The third kappa shape index (κ3) is 5.96. The molecule has 4 nitrogen and oxygen atoms in total. The van der Waals surface area contributed by atoms with Crippen LogP contribution in [0.2, 0.25) is 0 Å². The molecule has 2 N–H and O–H groups in total. The second-order valence-electron chi connectivity index (χ2n) is 6.20. The molecule has 2 aromatic carbocycles. The number of hydrogen-bond donors (Lipinski definition) is 2. The van der Waals surface area contributed by atoms with Crippen LogP contribution < -0.4 is 4.74 Å². The van der Waals surface area contributed by atoms with Crippen molar-refractivity contribution in [2.75, 3.05) is 6.61 Å². The summed E-state index contributed by atoms with van der Waals surface area (Å²) < 4.78 is 5.85. The van der Waals surface area contributed by atoms with Crippen LogP contribution >= 0.6 is 0 Å². The van der Waals surface area contributed by atoms with Crippen LogP contribution in [0.4, 0.5) is 0 Å². The van der Waals surface area contributed by atoms with Crippen LogP contribution in [0.5, 0.6) is 17.2 Å². The van der Waals surface area contributed by atoms with Gasteiger partial charge in [0.1, 0.15) is 17.2 Å². The molecule has 0 bridgehead atoms. The molecule has 0 saturated carbocycles. The third-order valence-corrected chi connectivity index (χ3v) is 4.09. The molecular formula is C22H26O4. The molecular weight excluding hydrogens is 328 g/mol. The lowest BCUT2D eigenvalue weighted by molar-refractivity contribution is 0.104. The first-order chi connectivity index (χ1) is 12.6. The number of para-hydroxylation sites is 1. The summed E-state index contributed by atoms with van der Waals surface area (Å²) in [5, 5.41) is 19.1. The van der Waals surface area contributed by atoms with Gasteiger partial charge >= 0.3 is 0 Å². The number of rotatable bonds is 10. The molecule has 138 valence electrons. The molecule has 0 amide bonds. The van der Waals surface area contributed by atoms with Crippen LogP contribution in [0, 0.1) is 0 Å². The van der Waals surface area contributed by atoms with Gasteiger partial charge in [-0.1, -0.05) is 50.8 Å². The summed E-state index contributed by atoms with van der Waals surface area (Å²) in [5.74, 6) is 0.0795. The highest BCUT2D eigenvalue weighted by atomic mass is 16.5. The lowest BCUT2D eigenvalue weighted by Gasteiger charge is -2.09. The van der Waals surface area contributed by atoms with Gasteiger partial charge in [-0.15, -0.1) is 0 Å². The molecule has 0 aromatic heterocycles. The van der Waals surface area contributed by atoms with Gasteiger partial charge in [0.15, 0.2) is 5.78 Å². The second kappa shape index (κ2) is 10.3. The van der Waals surface area contributed by atoms with Gasteiger partial charge in [-0.3, -0.25) is 4.79 Å². The molecule has 0 saturated heterocycles. The fourth-order valence-electron chi connectivity index (χ4n) is 2.62. The SMILES string of the molecule is CCCCCCCOc1ccccc1/C=C/C(=O)c1ccc(O)cc1O. The second-order valence-corrected chi connectivity index (χ2v) is 6.20. The Kier molecular flexibility index (Phi) is 7.75. The first-order valence-electron chi connectivity index (χ1n) is 9.08. The molecule has 0 aliphatic rings. The van der Waals surface area contributed by atoms with E-state index >= 15 is 0 Å². The van der Waals surface area contributed by atoms with Gasteiger partial charge in [-0.2, -0.15) is 0 Å². The number of carbonyl (C=O) groups is 1. The van der Waals surface area contributed by atoms with Gasteiger partial charge in [0.2, 0.25) is 0 Å². The van der Waals surface area contributed by atoms with Crippen LogP contribution in [0.15, 0.2) is 48.5 Å². The Morgan fingerprint density at radius 3 is 2.58 bits per heavy atom. The molecule has 0 aliphatic carbocycles. The van der Waals surface area contributed by atoms with Crippen molar-refractivity contribution in [1.82, 2.24) is 0 Å². The van der Waals surface area contributed by atoms with E-state index in [1.54, 1.807) is 6.08 Å². The molecule has 26 heavy (non-hydrogen) atoms. The average molecular weight is 354 g/mol. The van der Waals surface area contributed by atoms with Crippen molar-refractivity contribution in [2.24, 2.45) is 0 Å². The molecule has 0 heterocycles. The molecule has 0 unspecified atom stereocenters. The molecule has 0 spiro atoms. The Morgan fingerprint density at radius 1 is 1.04 bits per heavy atom. The molecule has 4 heteroatoms. The number of carbonyl (C=O) groups excluding carboxylic acids is 1. The van der Waals surface area contributed by atoms with Gasteiger partial charge in [0, 0.05) is 11.6 Å². The van der Waals surface area contributed by atoms with Crippen molar-refractivity contribution < 1.29 is 19.7 Å². The van der Waals surface area contributed by atoms with E-state index in [0.29, 0.717) is 6.61 Å². The van der Waals surface area contributed by atoms with Crippen LogP contribution in [0.3, 0.4) is 0 Å². The van der Waals surface area contributed by atoms with Crippen LogP contribution in [0.1, 0.15) is 54.9 Å². The van der Waals surface area contributed by atoms with E-state index < -0.39 is 0 Å². The monoisotopic (exact) mass is 354 g/mol. The highest BCUT2D eigenvalue weighted by Gasteiger charge is 2.09. The van der Waals surface area contributed by atoms with E-state index in [1.165, 1.54) is 37.5 Å². The van der Waals surface area contributed by atoms with E-state index in [4.69, 9.17) is 4.74 Å². The highest BCUT2D eigenvalue weighted by Crippen LogP contribution is 2.24. The van der Waals surface area contributed by atoms with Gasteiger partial charge in [-0.25, -0.2) is 0 Å². The Labute approximate surface area is 154 Å². The molecule has 0 atom stereocenters. The minimum Gasteiger partial charge on any atom is -0.508 e. The Morgan fingerprint density at radius 2 is 1.81 bits per heavy atom. The third-order valence-electron chi connectivity index (χ3n) is 4.09. The number of phenolic OH excluding ortho intramolecular Hbond substituents is 2. The fourth-order valence-corrected chi connectivity index (χ4v) is 2.62. The van der Waals surface area contributed by atoms with E-state index in [-0.39, 0.29) is 22.8 Å². The molecule has 2 aromatic rings. The first kappa shape index (κ1) is 19.6. The Bertz CT molecular complexity index is 750. The lowest BCUT2D eigenvalue weighted by Crippen LogP contribution is -1.99. The summed E-state index contributed by atoms with van der Waals surface area (Å²) in [5.41, 5.74) is 0.959. The molecule has 0 fully saturated rings. The lowest BCUT2D eigenvalue weighted by atomic mass is 10.1. The predicted octanol–water partition coefficient (Wildman–Crippen LogP) is 5.34. The minimum absolute atomic E-state index is 0.0827. The van der Waals surface area contributed by atoms with Crippen molar-refractivity contribution in [1.29, 1.82) is 0 Å². The minimum atomic E-state index is -0.336. The largest absolute Gasteiger partial charge is 0.508 e. The summed E-state index contributed by atoms with van der Waals surface area (Å²) in [4.78, 5) is 12.3. The zero-order valence-electron chi connectivity index (χ0n) is 15.1. The van der Waals surface area contributed by atoms with E-state index in [2.05, 4.69) is 6.92 Å². The molecule has 2 rings (SSSR count). The van der Waals surface area contributed by atoms with Crippen LogP contribution in [0.25, 0.3) is 6.08 Å². The van der Waals surface area contributed by atoms with Gasteiger partial charge in [-0.05, 0) is 36.8 Å². The summed E-state index contributed by atoms with van der Waals surface area (Å²) in [7, 11) is 0. The molecule has 0 aliphatic heterocycles. The number of ketones is 1. The quantitative estimate of drug-likeness (QED) is 0.343. The Hall–Kier alpha value is -2.75. The van der Waals surface area contributed by atoms with E-state index in [9.17, 15) is 15.0 Å². The standard InChI is InChI=1S/C22H26O4/c1-2-3-4-5-8-15-26-22-10-7-6-9-17(22)11-14-20(24)19-13-12-18(23)16-21(19)25/h6-7,9-14,16,23,25H,2-5,8,15H2,1H3/b14-11+. The van der Waals surface area contributed by atoms with Gasteiger partial charge < -0.3 is 14.9 Å². The van der Waals surface area contributed by atoms with Crippen LogP contribution in [-0.4, -0.2) is 22.6 Å². The summed E-state index contributed by atoms with van der Waals surface area (Å²) in [6.45, 7) is 2.85. The summed E-state index contributed by atoms with van der Waals surface area (Å²) >= 11 is 0. The number of hydrogen-bond acceptors (Lipinski definition) is 4. The Balaban J connectivity index is 1.98. The number of ether oxygens (including phenoxy) is 1. The van der Waals surface area contributed by atoms with Crippen molar-refractivity contribution in [3.05, 3.63) is 59.7 Å². The van der Waals surface area contributed by atoms with Crippen molar-refractivity contribution in [2.45, 2.75) is 39.0 Å². The van der Waals surface area contributed by atoms with E-state index in [1.807, 2.05) is 24.3 Å². The number of benzene rings is 2. The number of unbranched alkanes of at least 4 members (excludes halogenated alkanes) is 4. The van der Waals surface area contributed by atoms with E-state index in [0.717, 1.165) is 30.2 Å². The van der Waals surface area contributed by atoms with Crippen molar-refractivity contribution in [3.8, 4) is 17.2 Å². The smallest absolute Gasteiger partial charge is 0.189 e. The molecule has 0 radical (unpaired) electrons. The summed E-state index contributed by atoms with van der Waals surface area (Å²) in [6.07, 6.45) is 8.95. The highest BCUT2D eigenvalue weighted by molar-refractivity contribution is 6.08. The number of aromatic hydroxyl groups is 2. The predicted molar refractivity (Wildman–Crippen MR) is 104 cm³/mol. The van der Waals surface area contributed by atoms with Gasteiger partial charge in [0.05, 0.1) is 12.2 Å². The van der Waals surface area contributed by atoms with Crippen molar-refractivity contribution in [3.63, 3.8) is 0 Å². The number of allylic oxidation sites excluding steroid dienone is 1. The topological polar surface area (TPSA) is 66.8 Å². The maximum atomic E-state index is 12.3. The number of phenols is 2. The first-order valence-corrected chi connectivity index (χ1v) is 9.08. The van der Waals surface area contributed by atoms with Crippen molar-refractivity contribution >= 4 is 11.9 Å². The zero-order valence-corrected chi connectivity index (χ0v) is 15.1. The average Bonchev–Trinajstić information content (AvgIpc) is 2.63. The summed E-state index contributed by atoms with van der Waals surface area (Å²) in [6, 6.07) is 11.5.